The molecule has 6 nitrogen and oxygen atoms in total. The smallest absolute Gasteiger partial charge is 0.295 e. The number of hydrogen-bond acceptors (Lipinski definition) is 5. The van der Waals surface area contributed by atoms with Crippen molar-refractivity contribution < 1.29 is 24.2 Å². The fourth-order valence-corrected chi connectivity index (χ4v) is 3.69. The lowest BCUT2D eigenvalue weighted by molar-refractivity contribution is -0.139. The van der Waals surface area contributed by atoms with Crippen LogP contribution in [0.4, 0.5) is 0 Å². The van der Waals surface area contributed by atoms with E-state index in [0.717, 1.165) is 18.4 Å². The van der Waals surface area contributed by atoms with E-state index in [1.807, 2.05) is 32.9 Å². The molecule has 1 heterocycles. The number of carbonyl (C=O) groups is 2. The first-order valence-corrected chi connectivity index (χ1v) is 10.6. The maximum Gasteiger partial charge on any atom is 0.295 e. The molecule has 0 spiro atoms. The predicted molar refractivity (Wildman–Crippen MR) is 119 cm³/mol. The van der Waals surface area contributed by atoms with E-state index in [0.29, 0.717) is 23.6 Å². The van der Waals surface area contributed by atoms with Crippen molar-refractivity contribution >= 4 is 17.4 Å². The minimum atomic E-state index is -0.670. The molecular weight excluding hydrogens is 394 g/mol. The van der Waals surface area contributed by atoms with Gasteiger partial charge in [0.25, 0.3) is 11.7 Å². The Balaban J connectivity index is 2.06. The molecule has 164 valence electrons. The zero-order chi connectivity index (χ0) is 22.5. The first-order valence-electron chi connectivity index (χ1n) is 10.6. The second-order valence-electron chi connectivity index (χ2n) is 7.81. The molecule has 1 aliphatic heterocycles. The fraction of sp³-hybridized carbons (Fsp3) is 0.360. The molecule has 1 amide bonds. The molecule has 6 heteroatoms. The zero-order valence-corrected chi connectivity index (χ0v) is 18.4. The van der Waals surface area contributed by atoms with Crippen LogP contribution in [-0.4, -0.2) is 41.5 Å². The van der Waals surface area contributed by atoms with Crippen LogP contribution < -0.4 is 9.47 Å². The lowest BCUT2D eigenvalue weighted by Gasteiger charge is -2.25. The van der Waals surface area contributed by atoms with Crippen LogP contribution in [0.2, 0.25) is 0 Å². The van der Waals surface area contributed by atoms with Gasteiger partial charge in [0.1, 0.15) is 17.3 Å². The number of aliphatic hydroxyl groups is 1. The van der Waals surface area contributed by atoms with Crippen LogP contribution in [-0.2, 0) is 9.59 Å². The number of rotatable bonds is 8. The molecule has 0 saturated carbocycles. The molecule has 31 heavy (non-hydrogen) atoms. The SMILES string of the molecule is CCCCN1C(=O)C(=O)/C(=C(\O)c2ccc(OC(C)C)cc2)C1c1ccc(OC)cc1. The number of unbranched alkanes of at least 4 members (excludes halogenated alkanes) is 1. The largest absolute Gasteiger partial charge is 0.507 e. The topological polar surface area (TPSA) is 76.1 Å². The Morgan fingerprint density at radius 3 is 2.19 bits per heavy atom. The van der Waals surface area contributed by atoms with Gasteiger partial charge < -0.3 is 19.5 Å². The second kappa shape index (κ2) is 9.69. The molecule has 1 saturated heterocycles. The molecule has 1 aliphatic rings. The number of ether oxygens (including phenoxy) is 2. The highest BCUT2D eigenvalue weighted by molar-refractivity contribution is 6.46. The molecule has 2 aromatic carbocycles. The maximum atomic E-state index is 13.0. The van der Waals surface area contributed by atoms with E-state index in [9.17, 15) is 14.7 Å². The van der Waals surface area contributed by atoms with Crippen molar-refractivity contribution in [3.05, 3.63) is 65.2 Å². The van der Waals surface area contributed by atoms with Gasteiger partial charge in [0, 0.05) is 12.1 Å². The van der Waals surface area contributed by atoms with Gasteiger partial charge in [-0.25, -0.2) is 0 Å². The summed E-state index contributed by atoms with van der Waals surface area (Å²) in [6.07, 6.45) is 1.68. The lowest BCUT2D eigenvalue weighted by atomic mass is 9.95. The standard InChI is InChI=1S/C25H29NO5/c1-5-6-15-26-22(17-7-11-19(30-4)12-8-17)21(24(28)25(26)29)23(27)18-9-13-20(14-10-18)31-16(2)3/h7-14,16,22,27H,5-6,15H2,1-4H3/b23-21-. The van der Waals surface area contributed by atoms with E-state index in [-0.39, 0.29) is 17.4 Å². The van der Waals surface area contributed by atoms with Crippen LogP contribution >= 0.6 is 0 Å². The summed E-state index contributed by atoms with van der Waals surface area (Å²) in [5.74, 6) is -0.0987. The van der Waals surface area contributed by atoms with Crippen molar-refractivity contribution in [3.63, 3.8) is 0 Å². The predicted octanol–water partition coefficient (Wildman–Crippen LogP) is 4.70. The number of Topliss-reactive ketones (excluding diaryl/α,β-unsaturated/α-hetero) is 1. The van der Waals surface area contributed by atoms with Gasteiger partial charge in [0.05, 0.1) is 24.8 Å². The molecule has 0 aliphatic carbocycles. The molecule has 1 unspecified atom stereocenters. The first kappa shape index (κ1) is 22.4. The molecule has 3 rings (SSSR count). The zero-order valence-electron chi connectivity index (χ0n) is 18.4. The van der Waals surface area contributed by atoms with E-state index in [1.54, 1.807) is 48.4 Å². The summed E-state index contributed by atoms with van der Waals surface area (Å²) in [7, 11) is 1.58. The number of nitrogens with zero attached hydrogens (tertiary/aromatic N) is 1. The average molecular weight is 424 g/mol. The summed E-state index contributed by atoms with van der Waals surface area (Å²) in [5, 5.41) is 11.1. The maximum absolute atomic E-state index is 13.0. The molecule has 1 atom stereocenters. The van der Waals surface area contributed by atoms with Gasteiger partial charge >= 0.3 is 0 Å². The summed E-state index contributed by atoms with van der Waals surface area (Å²) >= 11 is 0. The number of ketones is 1. The number of methoxy groups -OCH3 is 1. The first-order chi connectivity index (χ1) is 14.9. The van der Waals surface area contributed by atoms with Crippen LogP contribution in [0.1, 0.15) is 50.8 Å². The van der Waals surface area contributed by atoms with E-state index in [2.05, 4.69) is 0 Å². The van der Waals surface area contributed by atoms with Crippen molar-refractivity contribution in [3.8, 4) is 11.5 Å². The fourth-order valence-electron chi connectivity index (χ4n) is 3.69. The van der Waals surface area contributed by atoms with Gasteiger partial charge in [0.15, 0.2) is 0 Å². The highest BCUT2D eigenvalue weighted by atomic mass is 16.5. The van der Waals surface area contributed by atoms with Crippen molar-refractivity contribution in [1.29, 1.82) is 0 Å². The Labute approximate surface area is 183 Å². The Morgan fingerprint density at radius 1 is 1.03 bits per heavy atom. The Morgan fingerprint density at radius 2 is 1.65 bits per heavy atom. The number of amides is 1. The van der Waals surface area contributed by atoms with Gasteiger partial charge in [-0.05, 0) is 62.2 Å². The van der Waals surface area contributed by atoms with Crippen LogP contribution in [0, 0.1) is 0 Å². The average Bonchev–Trinajstić information content (AvgIpc) is 3.02. The summed E-state index contributed by atoms with van der Waals surface area (Å²) in [5.41, 5.74) is 1.31. The van der Waals surface area contributed by atoms with Crippen molar-refractivity contribution in [1.82, 2.24) is 4.90 Å². The summed E-state index contributed by atoms with van der Waals surface area (Å²) in [6.45, 7) is 6.33. The minimum absolute atomic E-state index is 0.0263. The molecule has 0 radical (unpaired) electrons. The Kier molecular flexibility index (Phi) is 7.00. The van der Waals surface area contributed by atoms with E-state index >= 15 is 0 Å². The Bertz CT molecular complexity index is 960. The van der Waals surface area contributed by atoms with Crippen LogP contribution in [0.25, 0.3) is 5.76 Å². The highest BCUT2D eigenvalue weighted by Gasteiger charge is 2.45. The van der Waals surface area contributed by atoms with E-state index in [4.69, 9.17) is 9.47 Å². The third-order valence-electron chi connectivity index (χ3n) is 5.22. The van der Waals surface area contributed by atoms with Gasteiger partial charge in [-0.3, -0.25) is 9.59 Å². The number of hydrogen-bond donors (Lipinski definition) is 1. The van der Waals surface area contributed by atoms with Gasteiger partial charge in [-0.15, -0.1) is 0 Å². The summed E-state index contributed by atoms with van der Waals surface area (Å²) in [4.78, 5) is 27.3. The molecule has 2 aromatic rings. The van der Waals surface area contributed by atoms with Crippen LogP contribution in [0.15, 0.2) is 54.1 Å². The van der Waals surface area contributed by atoms with Crippen LogP contribution in [0.3, 0.4) is 0 Å². The number of carbonyl (C=O) groups excluding carboxylic acids is 2. The quantitative estimate of drug-likeness (QED) is 0.378. The monoisotopic (exact) mass is 423 g/mol. The molecule has 1 fully saturated rings. The molecule has 0 bridgehead atoms. The minimum Gasteiger partial charge on any atom is -0.507 e. The Hall–Kier alpha value is -3.28. The summed E-state index contributed by atoms with van der Waals surface area (Å²) in [6, 6.07) is 13.4. The van der Waals surface area contributed by atoms with Gasteiger partial charge in [-0.1, -0.05) is 25.5 Å². The third-order valence-corrected chi connectivity index (χ3v) is 5.22. The normalized spacial score (nSPS) is 18.0. The van der Waals surface area contributed by atoms with Crippen LogP contribution in [0.5, 0.6) is 11.5 Å². The molecule has 0 aromatic heterocycles. The second-order valence-corrected chi connectivity index (χ2v) is 7.81. The lowest BCUT2D eigenvalue weighted by Crippen LogP contribution is -2.30. The van der Waals surface area contributed by atoms with Gasteiger partial charge in [-0.2, -0.15) is 0 Å². The molecular formula is C25H29NO5. The van der Waals surface area contributed by atoms with Crippen molar-refractivity contribution in [2.75, 3.05) is 13.7 Å². The van der Waals surface area contributed by atoms with Gasteiger partial charge in [0.2, 0.25) is 0 Å². The van der Waals surface area contributed by atoms with Crippen molar-refractivity contribution in [2.24, 2.45) is 0 Å². The number of aliphatic hydroxyl groups excluding tert-OH is 1. The van der Waals surface area contributed by atoms with E-state index < -0.39 is 17.7 Å². The highest BCUT2D eigenvalue weighted by Crippen LogP contribution is 2.40. The summed E-state index contributed by atoms with van der Waals surface area (Å²) < 4.78 is 10.9. The number of likely N-dealkylation sites (tertiary alicyclic amines) is 1. The third kappa shape index (κ3) is 4.74. The molecule has 1 N–H and O–H groups in total. The van der Waals surface area contributed by atoms with Crippen molar-refractivity contribution in [2.45, 2.75) is 45.8 Å². The number of benzene rings is 2. The van der Waals surface area contributed by atoms with E-state index in [1.165, 1.54) is 0 Å².